The quantitative estimate of drug-likeness (QED) is 0.103. The van der Waals surface area contributed by atoms with Crippen LogP contribution >= 0.6 is 22.7 Å². The number of thiazole rings is 2. The number of unbranched alkanes of at least 4 members (excludes halogenated alkanes) is 2. The first-order valence-corrected chi connectivity index (χ1v) is 22.2. The lowest BCUT2D eigenvalue weighted by molar-refractivity contribution is -0.138. The van der Waals surface area contributed by atoms with E-state index in [4.69, 9.17) is 9.94 Å². The van der Waals surface area contributed by atoms with Crippen molar-refractivity contribution in [1.29, 1.82) is 0 Å². The number of amides is 2. The Morgan fingerprint density at radius 3 is 1.55 bits per heavy atom. The third kappa shape index (κ3) is 15.1. The van der Waals surface area contributed by atoms with E-state index >= 15 is 0 Å². The van der Waals surface area contributed by atoms with Crippen molar-refractivity contribution in [1.82, 2.24) is 24.6 Å². The van der Waals surface area contributed by atoms with E-state index in [1.165, 1.54) is 28.7 Å². The summed E-state index contributed by atoms with van der Waals surface area (Å²) in [4.78, 5) is 42.6. The highest BCUT2D eigenvalue weighted by atomic mass is 32.1. The molecule has 352 valence electrons. The summed E-state index contributed by atoms with van der Waals surface area (Å²) >= 11 is 2.51. The molecule has 4 aromatic heterocycles. The molecule has 0 radical (unpaired) electrons. The lowest BCUT2D eigenvalue weighted by atomic mass is 9.98. The van der Waals surface area contributed by atoms with Gasteiger partial charge in [0.1, 0.15) is 11.6 Å². The van der Waals surface area contributed by atoms with Gasteiger partial charge in [-0.25, -0.2) is 9.87 Å². The summed E-state index contributed by atoms with van der Waals surface area (Å²) in [6.07, 6.45) is 0.862. The van der Waals surface area contributed by atoms with E-state index in [-0.39, 0.29) is 28.9 Å². The van der Waals surface area contributed by atoms with Gasteiger partial charge in [0.25, 0.3) is 11.8 Å². The molecule has 0 aliphatic rings. The van der Waals surface area contributed by atoms with E-state index in [2.05, 4.69) is 32.4 Å². The Labute approximate surface area is 379 Å². The minimum atomic E-state index is -4.67. The third-order valence-electron chi connectivity index (χ3n) is 8.89. The molecule has 0 unspecified atom stereocenters. The van der Waals surface area contributed by atoms with Crippen LogP contribution in [-0.2, 0) is 25.4 Å². The molecule has 0 aliphatic carbocycles. The van der Waals surface area contributed by atoms with Gasteiger partial charge in [0.2, 0.25) is 0 Å². The molecule has 4 heterocycles. The number of rotatable bonds is 10. The molecule has 6 aromatic rings. The fourth-order valence-corrected chi connectivity index (χ4v) is 7.56. The van der Waals surface area contributed by atoms with Crippen molar-refractivity contribution in [2.45, 2.75) is 112 Å². The number of alkyl halides is 6. The minimum Gasteiger partial charge on any atom is -0.492 e. The molecule has 0 saturated heterocycles. The summed E-state index contributed by atoms with van der Waals surface area (Å²) in [5.41, 5.74) is 0.400. The van der Waals surface area contributed by atoms with Crippen LogP contribution in [0.15, 0.2) is 83.3 Å². The molecule has 0 saturated carbocycles. The normalized spacial score (nSPS) is 12.8. The molecule has 2 N–H and O–H groups in total. The number of carbonyl (C=O) groups excluding carboxylic acids is 2. The summed E-state index contributed by atoms with van der Waals surface area (Å²) in [5, 5.41) is 8.15. The smallest absolute Gasteiger partial charge is 0.416 e. The second-order valence-electron chi connectivity index (χ2n) is 16.9. The van der Waals surface area contributed by atoms with Crippen molar-refractivity contribution >= 4 is 54.9 Å². The SMILES string of the molecule is CC(C)(C)NO.CCCCn1c(=NC(=O)c2cc(C(F)(F)F)ccc2F)sc2ccncc21.CCCCn1c(=NC(=O)c2cc(C(F)(F)F)ccc2OCC(C)(C)C)sc2ccncc21. The summed E-state index contributed by atoms with van der Waals surface area (Å²) in [7, 11) is 0. The summed E-state index contributed by atoms with van der Waals surface area (Å²) in [6.45, 7) is 16.9. The van der Waals surface area contributed by atoms with Crippen LogP contribution in [0.25, 0.3) is 20.4 Å². The maximum Gasteiger partial charge on any atom is 0.416 e. The zero-order chi connectivity index (χ0) is 48.3. The first-order valence-electron chi connectivity index (χ1n) is 20.5. The van der Waals surface area contributed by atoms with Crippen molar-refractivity contribution in [3.05, 3.63) is 111 Å². The molecule has 0 fully saturated rings. The number of ether oxygens (including phenoxy) is 1. The van der Waals surface area contributed by atoms with Gasteiger partial charge in [0.05, 0.1) is 61.7 Å². The fraction of sp³-hybridized carbons (Fsp3) is 0.422. The molecule has 65 heavy (non-hydrogen) atoms. The molecule has 2 aromatic carbocycles. The number of aromatic nitrogens is 4. The van der Waals surface area contributed by atoms with Crippen LogP contribution in [0.4, 0.5) is 30.7 Å². The maximum absolute atomic E-state index is 14.0. The van der Waals surface area contributed by atoms with Gasteiger partial charge in [-0.05, 0) is 87.6 Å². The average molecular weight is 952 g/mol. The fourth-order valence-electron chi connectivity index (χ4n) is 5.52. The molecule has 0 spiro atoms. The molecule has 0 bridgehead atoms. The number of aryl methyl sites for hydroxylation is 2. The van der Waals surface area contributed by atoms with Crippen LogP contribution in [0.5, 0.6) is 5.75 Å². The number of carbonyl (C=O) groups is 2. The lowest BCUT2D eigenvalue weighted by Gasteiger charge is -2.20. The van der Waals surface area contributed by atoms with Crippen LogP contribution in [0.2, 0.25) is 0 Å². The second-order valence-corrected chi connectivity index (χ2v) is 18.9. The van der Waals surface area contributed by atoms with Crippen LogP contribution in [0, 0.1) is 11.2 Å². The number of nitrogens with one attached hydrogen (secondary N) is 1. The molecule has 6 rings (SSSR count). The standard InChI is InChI=1S/C23H26F3N3O2S.C18H15F4N3OS.C4H11NO/c1-5-6-11-29-17-13-27-10-9-19(17)32-21(29)28-20(30)16-12-15(23(24,25)26)7-8-18(16)31-14-22(2,3)4;1-2-3-8-25-14-10-23-7-6-15(14)27-17(25)24-16(26)12-9-11(18(20,21)22)4-5-13(12)19;1-4(2,3)5-6/h7-10,12-13H,5-6,11,14H2,1-4H3;4-7,9-10H,2-3,8H2,1H3;5-6H,1-3H3. The molecule has 0 atom stereocenters. The van der Waals surface area contributed by atoms with E-state index in [0.29, 0.717) is 40.9 Å². The Hall–Kier alpha value is -5.31. The number of fused-ring (bicyclic) bond motifs is 2. The van der Waals surface area contributed by atoms with Gasteiger partial charge in [-0.2, -0.15) is 36.3 Å². The lowest BCUT2D eigenvalue weighted by Crippen LogP contribution is -2.32. The number of benzene rings is 2. The van der Waals surface area contributed by atoms with E-state index in [1.807, 2.05) is 59.1 Å². The van der Waals surface area contributed by atoms with Gasteiger partial charge >= 0.3 is 12.4 Å². The molecular weight excluding hydrogens is 900 g/mol. The Morgan fingerprint density at radius 1 is 0.708 bits per heavy atom. The Bertz CT molecular complexity index is 2710. The predicted octanol–water partition coefficient (Wildman–Crippen LogP) is 11.6. The molecular formula is C45H52F7N7O4S2. The van der Waals surface area contributed by atoms with Crippen LogP contribution < -0.4 is 19.8 Å². The van der Waals surface area contributed by atoms with Gasteiger partial charge in [-0.3, -0.25) is 19.6 Å². The molecule has 0 aliphatic heterocycles. The van der Waals surface area contributed by atoms with E-state index in [1.54, 1.807) is 35.4 Å². The summed E-state index contributed by atoms with van der Waals surface area (Å²) < 4.78 is 104. The highest BCUT2D eigenvalue weighted by molar-refractivity contribution is 7.16. The topological polar surface area (TPSA) is 136 Å². The zero-order valence-corrected chi connectivity index (χ0v) is 38.8. The minimum absolute atomic E-state index is 0.0876. The van der Waals surface area contributed by atoms with Crippen LogP contribution in [-0.4, -0.2) is 48.3 Å². The van der Waals surface area contributed by atoms with E-state index in [9.17, 15) is 40.3 Å². The van der Waals surface area contributed by atoms with Gasteiger partial charge < -0.3 is 19.1 Å². The first kappa shape index (κ1) is 52.3. The van der Waals surface area contributed by atoms with Gasteiger partial charge in [-0.1, -0.05) is 70.1 Å². The van der Waals surface area contributed by atoms with Crippen LogP contribution in [0.3, 0.4) is 0 Å². The van der Waals surface area contributed by atoms with Crippen LogP contribution in [0.1, 0.15) is 113 Å². The number of hydrogen-bond donors (Lipinski definition) is 2. The van der Waals surface area contributed by atoms with Crippen molar-refractivity contribution in [2.24, 2.45) is 15.4 Å². The number of nitrogens with zero attached hydrogens (tertiary/aromatic N) is 6. The average Bonchev–Trinajstić information content (AvgIpc) is 3.76. The largest absolute Gasteiger partial charge is 0.492 e. The van der Waals surface area contributed by atoms with Gasteiger partial charge in [-0.15, -0.1) is 0 Å². The highest BCUT2D eigenvalue weighted by Crippen LogP contribution is 2.34. The molecule has 2 amide bonds. The van der Waals surface area contributed by atoms with Crippen molar-refractivity contribution in [3.63, 3.8) is 0 Å². The Morgan fingerprint density at radius 2 is 1.14 bits per heavy atom. The molecule has 20 heteroatoms. The molecule has 11 nitrogen and oxygen atoms in total. The zero-order valence-electron chi connectivity index (χ0n) is 37.2. The maximum atomic E-state index is 14.0. The second kappa shape index (κ2) is 22.3. The third-order valence-corrected chi connectivity index (χ3v) is 11.0. The van der Waals surface area contributed by atoms with Crippen molar-refractivity contribution in [3.8, 4) is 5.75 Å². The number of hydroxylamine groups is 1. The number of hydrogen-bond acceptors (Lipinski definition) is 9. The van der Waals surface area contributed by atoms with Gasteiger partial charge in [0.15, 0.2) is 9.60 Å². The van der Waals surface area contributed by atoms with Gasteiger partial charge in [0, 0.05) is 31.0 Å². The summed E-state index contributed by atoms with van der Waals surface area (Å²) in [6, 6.07) is 8.23. The van der Waals surface area contributed by atoms with E-state index in [0.717, 1.165) is 58.2 Å². The highest BCUT2D eigenvalue weighted by Gasteiger charge is 2.33. The monoisotopic (exact) mass is 951 g/mol. The Balaban J connectivity index is 0.000000255. The Kier molecular flexibility index (Phi) is 17.9. The summed E-state index contributed by atoms with van der Waals surface area (Å²) in [5.74, 6) is -2.78. The first-order chi connectivity index (χ1) is 30.4. The predicted molar refractivity (Wildman–Crippen MR) is 237 cm³/mol. The number of halogens is 7. The van der Waals surface area contributed by atoms with Crippen molar-refractivity contribution < 1.29 is 50.3 Å². The number of pyridine rings is 2. The van der Waals surface area contributed by atoms with E-state index < -0.39 is 46.7 Å². The van der Waals surface area contributed by atoms with Crippen molar-refractivity contribution in [2.75, 3.05) is 6.61 Å².